The van der Waals surface area contributed by atoms with Gasteiger partial charge in [0.25, 0.3) is 0 Å². The second-order valence-corrected chi connectivity index (χ2v) is 4.72. The average molecular weight is 388 g/mol. The van der Waals surface area contributed by atoms with Crippen molar-refractivity contribution in [2.24, 2.45) is 0 Å². The highest BCUT2D eigenvalue weighted by Gasteiger charge is 2.15. The molecule has 0 fully saturated rings. The van der Waals surface area contributed by atoms with E-state index in [1.54, 1.807) is 0 Å². The number of esters is 1. The van der Waals surface area contributed by atoms with Gasteiger partial charge in [-0.15, -0.1) is 0 Å². The van der Waals surface area contributed by atoms with Crippen molar-refractivity contribution in [3.8, 4) is 5.75 Å². The Balaban J connectivity index is 3.07. The summed E-state index contributed by atoms with van der Waals surface area (Å²) in [5.74, 6) is -0.361. The molecule has 0 aromatic heterocycles. The van der Waals surface area contributed by atoms with Crippen LogP contribution in [-0.4, -0.2) is 19.7 Å². The molecule has 0 bridgehead atoms. The van der Waals surface area contributed by atoms with Gasteiger partial charge in [-0.1, -0.05) is 31.9 Å². The zero-order chi connectivity index (χ0) is 13.7. The molecule has 100 valence electrons. The van der Waals surface area contributed by atoms with Crippen LogP contribution < -0.4 is 4.74 Å². The third-order valence-corrected chi connectivity index (χ3v) is 3.49. The number of hydrogen-bond donors (Lipinski definition) is 0. The summed E-state index contributed by atoms with van der Waals surface area (Å²) in [7, 11) is 1.29. The van der Waals surface area contributed by atoms with Crippen LogP contribution in [0, 0.1) is 0 Å². The van der Waals surface area contributed by atoms with Crippen molar-refractivity contribution in [2.75, 3.05) is 7.11 Å². The molecule has 18 heavy (non-hydrogen) atoms. The summed E-state index contributed by atoms with van der Waals surface area (Å²) in [5, 5.41) is 0.415. The summed E-state index contributed by atoms with van der Waals surface area (Å²) in [4.78, 5) is 11.3. The first-order valence-electron chi connectivity index (χ1n) is 4.86. The van der Waals surface area contributed by atoms with Gasteiger partial charge in [0.1, 0.15) is 5.75 Å². The minimum Gasteiger partial charge on any atom is -0.469 e. The largest absolute Gasteiger partial charge is 0.469 e. The summed E-state index contributed by atoms with van der Waals surface area (Å²) in [5.41, 5.74) is 1.37. The van der Waals surface area contributed by atoms with E-state index in [1.807, 2.05) is 0 Å². The molecule has 0 atom stereocenters. The molecule has 0 aliphatic rings. The van der Waals surface area contributed by atoms with Gasteiger partial charge in [0.05, 0.1) is 13.5 Å². The van der Waals surface area contributed by atoms with Crippen molar-refractivity contribution in [1.29, 1.82) is 0 Å². The molecule has 0 saturated heterocycles. The minimum absolute atomic E-state index is 0.0416. The number of carbonyl (C=O) groups is 1. The Morgan fingerprint density at radius 3 is 2.61 bits per heavy atom. The van der Waals surface area contributed by atoms with Crippen molar-refractivity contribution in [3.05, 3.63) is 27.7 Å². The van der Waals surface area contributed by atoms with E-state index < -0.39 is 12.6 Å². The number of alkyl halides is 3. The molecule has 0 N–H and O–H groups in total. The normalized spacial score (nSPS) is 10.6. The maximum atomic E-state index is 12.1. The van der Waals surface area contributed by atoms with Gasteiger partial charge in [0, 0.05) is 9.80 Å². The second kappa shape index (κ2) is 7.04. The van der Waals surface area contributed by atoms with Gasteiger partial charge in [-0.05, 0) is 23.3 Å². The summed E-state index contributed by atoms with van der Waals surface area (Å²) < 4.78 is 33.7. The Hall–Kier alpha value is -0.690. The first-order chi connectivity index (χ1) is 8.47. The van der Waals surface area contributed by atoms with Gasteiger partial charge in [-0.25, -0.2) is 0 Å². The molecular weight excluding hydrogens is 378 g/mol. The van der Waals surface area contributed by atoms with E-state index >= 15 is 0 Å². The molecule has 0 saturated carbocycles. The van der Waals surface area contributed by atoms with E-state index in [0.29, 0.717) is 20.9 Å². The minimum atomic E-state index is -2.88. The van der Waals surface area contributed by atoms with Crippen LogP contribution in [0.15, 0.2) is 16.6 Å². The number of rotatable bonds is 5. The number of methoxy groups -OCH3 is 1. The van der Waals surface area contributed by atoms with Crippen LogP contribution in [0.1, 0.15) is 11.1 Å². The molecule has 0 unspecified atom stereocenters. The van der Waals surface area contributed by atoms with Gasteiger partial charge in [-0.2, -0.15) is 8.78 Å². The van der Waals surface area contributed by atoms with Gasteiger partial charge in [0.2, 0.25) is 0 Å². The van der Waals surface area contributed by atoms with Crippen LogP contribution in [0.4, 0.5) is 8.78 Å². The molecule has 1 rings (SSSR count). The van der Waals surface area contributed by atoms with Crippen LogP contribution in [0.25, 0.3) is 0 Å². The molecule has 0 aliphatic carbocycles. The van der Waals surface area contributed by atoms with Crippen LogP contribution in [-0.2, 0) is 21.3 Å². The molecule has 0 radical (unpaired) electrons. The topological polar surface area (TPSA) is 35.5 Å². The maximum absolute atomic E-state index is 12.1. The molecule has 1 aromatic carbocycles. The summed E-state index contributed by atoms with van der Waals surface area (Å²) in [6.07, 6.45) is 0.0625. The summed E-state index contributed by atoms with van der Waals surface area (Å²) >= 11 is 6.47. The third-order valence-electron chi connectivity index (χ3n) is 2.18. The van der Waals surface area contributed by atoms with Crippen molar-refractivity contribution < 1.29 is 23.0 Å². The van der Waals surface area contributed by atoms with Gasteiger partial charge in [-0.3, -0.25) is 4.79 Å². The van der Waals surface area contributed by atoms with E-state index in [9.17, 15) is 13.6 Å². The Labute approximate surface area is 120 Å². The van der Waals surface area contributed by atoms with Crippen molar-refractivity contribution in [3.63, 3.8) is 0 Å². The first-order valence-corrected chi connectivity index (χ1v) is 6.78. The predicted octanol–water partition coefficient (Wildman–Crippen LogP) is 3.66. The third kappa shape index (κ3) is 4.20. The first kappa shape index (κ1) is 15.4. The molecular formula is C11H10Br2F2O3. The highest BCUT2D eigenvalue weighted by Crippen LogP contribution is 2.30. The Bertz CT molecular complexity index is 439. The molecule has 0 spiro atoms. The smallest absolute Gasteiger partial charge is 0.387 e. The highest BCUT2D eigenvalue weighted by molar-refractivity contribution is 9.10. The molecule has 3 nitrogen and oxygen atoms in total. The van der Waals surface area contributed by atoms with E-state index in [1.165, 1.54) is 19.2 Å². The second-order valence-electron chi connectivity index (χ2n) is 3.31. The lowest BCUT2D eigenvalue weighted by Gasteiger charge is -2.12. The zero-order valence-electron chi connectivity index (χ0n) is 9.38. The zero-order valence-corrected chi connectivity index (χ0v) is 12.6. The van der Waals surface area contributed by atoms with Gasteiger partial charge in [0.15, 0.2) is 0 Å². The van der Waals surface area contributed by atoms with Crippen LogP contribution in [0.2, 0.25) is 0 Å². The van der Waals surface area contributed by atoms with E-state index in [4.69, 9.17) is 0 Å². The summed E-state index contributed by atoms with van der Waals surface area (Å²) in [6, 6.07) is 2.86. The van der Waals surface area contributed by atoms with Crippen LogP contribution >= 0.6 is 31.9 Å². The monoisotopic (exact) mass is 386 g/mol. The predicted molar refractivity (Wildman–Crippen MR) is 69.1 cm³/mol. The van der Waals surface area contributed by atoms with Crippen LogP contribution in [0.3, 0.4) is 0 Å². The molecule has 0 aliphatic heterocycles. The SMILES string of the molecule is COC(=O)Cc1c(Br)cc(OC(F)F)cc1CBr. The van der Waals surface area contributed by atoms with E-state index in [0.717, 1.165) is 0 Å². The number of halogens is 4. The number of carbonyl (C=O) groups excluding carboxylic acids is 1. The quantitative estimate of drug-likeness (QED) is 0.571. The lowest BCUT2D eigenvalue weighted by molar-refractivity contribution is -0.139. The Morgan fingerprint density at radius 2 is 2.11 bits per heavy atom. The number of ether oxygens (including phenoxy) is 2. The maximum Gasteiger partial charge on any atom is 0.387 e. The highest BCUT2D eigenvalue weighted by atomic mass is 79.9. The van der Waals surface area contributed by atoms with Crippen molar-refractivity contribution >= 4 is 37.8 Å². The molecule has 7 heteroatoms. The van der Waals surface area contributed by atoms with Gasteiger partial charge < -0.3 is 9.47 Å². The average Bonchev–Trinajstić information content (AvgIpc) is 2.31. The molecule has 0 heterocycles. The Morgan fingerprint density at radius 1 is 1.44 bits per heavy atom. The fraction of sp³-hybridized carbons (Fsp3) is 0.364. The van der Waals surface area contributed by atoms with E-state index in [2.05, 4.69) is 41.3 Å². The summed E-state index contributed by atoms with van der Waals surface area (Å²) in [6.45, 7) is -2.88. The molecule has 1 aromatic rings. The standard InChI is InChI=1S/C11H10Br2F2O3/c1-17-10(16)4-8-6(5-12)2-7(3-9(8)13)18-11(14)15/h2-3,11H,4-5H2,1H3. The van der Waals surface area contributed by atoms with Crippen molar-refractivity contribution in [2.45, 2.75) is 18.4 Å². The fourth-order valence-electron chi connectivity index (χ4n) is 1.37. The number of hydrogen-bond acceptors (Lipinski definition) is 3. The Kier molecular flexibility index (Phi) is 6.01. The van der Waals surface area contributed by atoms with Crippen molar-refractivity contribution in [1.82, 2.24) is 0 Å². The van der Waals surface area contributed by atoms with Crippen LogP contribution in [0.5, 0.6) is 5.75 Å². The lowest BCUT2D eigenvalue weighted by atomic mass is 10.1. The molecule has 0 amide bonds. The van der Waals surface area contributed by atoms with Gasteiger partial charge >= 0.3 is 12.6 Å². The number of benzene rings is 1. The fourth-order valence-corrected chi connectivity index (χ4v) is 2.49. The van der Waals surface area contributed by atoms with E-state index in [-0.39, 0.29) is 12.2 Å². The lowest BCUT2D eigenvalue weighted by Crippen LogP contribution is -2.08.